The number of halogens is 6. The summed E-state index contributed by atoms with van der Waals surface area (Å²) in [7, 11) is 0. The number of carbonyl (C=O) groups is 2. The molecule has 1 heterocycles. The molecule has 2 rings (SSSR count). The van der Waals surface area contributed by atoms with Crippen LogP contribution in [0.15, 0.2) is 12.1 Å². The van der Waals surface area contributed by atoms with Gasteiger partial charge in [0.2, 0.25) is 0 Å². The van der Waals surface area contributed by atoms with Gasteiger partial charge in [0.15, 0.2) is 0 Å². The summed E-state index contributed by atoms with van der Waals surface area (Å²) in [4.78, 5) is 25.5. The Balaban J connectivity index is 2.35. The van der Waals surface area contributed by atoms with Crippen molar-refractivity contribution < 1.29 is 37.0 Å². The average molecular weight is 419 g/mol. The fourth-order valence-corrected chi connectivity index (χ4v) is 2.79. The Morgan fingerprint density at radius 3 is 2.42 bits per heavy atom. The first-order valence-corrected chi connectivity index (χ1v) is 7.86. The zero-order valence-electron chi connectivity index (χ0n) is 13.1. The van der Waals surface area contributed by atoms with E-state index in [1.54, 1.807) is 0 Å². The molecule has 0 aromatic heterocycles. The largest absolute Gasteiger partial charge is 0.480 e. The molecule has 12 heteroatoms. The van der Waals surface area contributed by atoms with Gasteiger partial charge in [-0.15, -0.1) is 0 Å². The lowest BCUT2D eigenvalue weighted by molar-refractivity contribution is -0.253. The van der Waals surface area contributed by atoms with Crippen molar-refractivity contribution in [3.8, 4) is 5.75 Å². The summed E-state index contributed by atoms with van der Waals surface area (Å²) in [5, 5.41) is 8.42. The van der Waals surface area contributed by atoms with Gasteiger partial charge >= 0.3 is 24.5 Å². The van der Waals surface area contributed by atoms with Crippen LogP contribution < -0.4 is 9.64 Å². The van der Waals surface area contributed by atoms with Crippen LogP contribution in [0.5, 0.6) is 5.75 Å². The van der Waals surface area contributed by atoms with E-state index in [1.165, 1.54) is 6.92 Å². The fraction of sp³-hybridized carbons (Fsp3) is 0.429. The third-order valence-electron chi connectivity index (χ3n) is 3.66. The molecule has 26 heavy (non-hydrogen) atoms. The second-order valence-corrected chi connectivity index (χ2v) is 6.15. The minimum Gasteiger partial charge on any atom is -0.480 e. The van der Waals surface area contributed by atoms with Crippen molar-refractivity contribution in [2.75, 3.05) is 18.0 Å². The quantitative estimate of drug-likeness (QED) is 0.710. The molecule has 1 aliphatic rings. The molecule has 1 aliphatic heterocycles. The lowest BCUT2D eigenvalue weighted by Gasteiger charge is -2.23. The molecule has 1 aromatic rings. The van der Waals surface area contributed by atoms with Crippen LogP contribution in [0, 0.1) is 0 Å². The van der Waals surface area contributed by atoms with Gasteiger partial charge < -0.3 is 14.7 Å². The molecule has 1 aromatic carbocycles. The molecule has 0 aliphatic carbocycles. The predicted octanol–water partition coefficient (Wildman–Crippen LogP) is 3.95. The maximum Gasteiger partial charge on any atom is 0.461 e. The van der Waals surface area contributed by atoms with Crippen molar-refractivity contribution in [1.82, 2.24) is 4.90 Å². The van der Waals surface area contributed by atoms with Crippen LogP contribution in [0.25, 0.3) is 0 Å². The molecular weight excluding hydrogens is 407 g/mol. The first kappa shape index (κ1) is 20.4. The first-order chi connectivity index (χ1) is 12.0. The van der Waals surface area contributed by atoms with Crippen LogP contribution in [0.3, 0.4) is 0 Å². The average Bonchev–Trinajstić information content (AvgIpc) is 2.90. The molecular formula is C14H12Cl2F4N2O4. The van der Waals surface area contributed by atoms with E-state index in [4.69, 9.17) is 28.3 Å². The number of carboxylic acid groups (broad SMARTS) is 1. The van der Waals surface area contributed by atoms with Crippen molar-refractivity contribution in [1.29, 1.82) is 0 Å². The van der Waals surface area contributed by atoms with E-state index in [0.29, 0.717) is 0 Å². The Bertz CT molecular complexity index is 735. The number of hydrogen-bond acceptors (Lipinski definition) is 3. The molecule has 1 unspecified atom stereocenters. The highest BCUT2D eigenvalue weighted by Gasteiger charge is 2.45. The van der Waals surface area contributed by atoms with E-state index in [1.807, 2.05) is 0 Å². The van der Waals surface area contributed by atoms with Gasteiger partial charge in [0.05, 0.1) is 15.7 Å². The summed E-state index contributed by atoms with van der Waals surface area (Å²) in [6.07, 6.45) is -8.90. The number of carboxylic acids is 1. The van der Waals surface area contributed by atoms with Gasteiger partial charge in [0, 0.05) is 19.2 Å². The molecule has 0 spiro atoms. The third kappa shape index (κ3) is 3.90. The first-order valence-electron chi connectivity index (χ1n) is 7.10. The minimum atomic E-state index is -4.80. The number of hydrogen-bond donors (Lipinski definition) is 1. The fourth-order valence-electron chi connectivity index (χ4n) is 2.26. The molecule has 1 N–H and O–H groups in total. The Labute approximate surface area is 154 Å². The van der Waals surface area contributed by atoms with Gasteiger partial charge in [-0.2, -0.15) is 17.6 Å². The standard InChI is InChI=1S/C14H12Cl2F4N2O4/c1-6(11(23)24)21-2-3-22(13(21)25)9-5-10(8(16)4-7(9)15)26-14(19,20)12(17)18/h4-6,12H,2-3H2,1H3,(H,23,24). The van der Waals surface area contributed by atoms with Crippen LogP contribution in [-0.2, 0) is 4.79 Å². The minimum absolute atomic E-state index is 0.00247. The third-order valence-corrected chi connectivity index (χ3v) is 4.26. The van der Waals surface area contributed by atoms with Crippen molar-refractivity contribution in [3.05, 3.63) is 22.2 Å². The van der Waals surface area contributed by atoms with Crippen LogP contribution in [0.2, 0.25) is 10.0 Å². The molecule has 0 radical (unpaired) electrons. The number of amides is 2. The number of ether oxygens (including phenoxy) is 1. The van der Waals surface area contributed by atoms with Crippen LogP contribution in [0.4, 0.5) is 28.0 Å². The normalized spacial score (nSPS) is 16.4. The maximum absolute atomic E-state index is 13.1. The highest BCUT2D eigenvalue weighted by atomic mass is 35.5. The van der Waals surface area contributed by atoms with E-state index < -0.39 is 41.3 Å². The van der Waals surface area contributed by atoms with Gasteiger partial charge in [-0.25, -0.2) is 9.59 Å². The van der Waals surface area contributed by atoms with Gasteiger partial charge in [-0.05, 0) is 13.0 Å². The molecule has 6 nitrogen and oxygen atoms in total. The summed E-state index contributed by atoms with van der Waals surface area (Å²) in [5.41, 5.74) is -0.124. The second-order valence-electron chi connectivity index (χ2n) is 5.34. The van der Waals surface area contributed by atoms with Gasteiger partial charge in [0.1, 0.15) is 11.8 Å². The highest BCUT2D eigenvalue weighted by Crippen LogP contribution is 2.40. The lowest BCUT2D eigenvalue weighted by atomic mass is 10.2. The number of carbonyl (C=O) groups excluding carboxylic acids is 1. The summed E-state index contributed by atoms with van der Waals surface area (Å²) < 4.78 is 54.9. The van der Waals surface area contributed by atoms with Crippen molar-refractivity contribution in [3.63, 3.8) is 0 Å². The van der Waals surface area contributed by atoms with E-state index in [-0.39, 0.29) is 23.8 Å². The van der Waals surface area contributed by atoms with Gasteiger partial charge in [-0.3, -0.25) is 4.90 Å². The topological polar surface area (TPSA) is 70.1 Å². The zero-order valence-corrected chi connectivity index (χ0v) is 14.6. The SMILES string of the molecule is CC(C(=O)O)N1CCN(c2cc(OC(F)(F)C(F)F)c(Cl)cc2Cl)C1=O. The number of anilines is 1. The Kier molecular flexibility index (Phi) is 5.76. The number of urea groups is 1. The van der Waals surface area contributed by atoms with Crippen LogP contribution in [-0.4, -0.2) is 53.7 Å². The Morgan fingerprint density at radius 2 is 1.88 bits per heavy atom. The predicted molar refractivity (Wildman–Crippen MR) is 84.6 cm³/mol. The van der Waals surface area contributed by atoms with Crippen molar-refractivity contribution in [2.24, 2.45) is 0 Å². The zero-order chi connectivity index (χ0) is 19.8. The summed E-state index contributed by atoms with van der Waals surface area (Å²) >= 11 is 11.7. The molecule has 1 fully saturated rings. The van der Waals surface area contributed by atoms with E-state index >= 15 is 0 Å². The molecule has 0 saturated carbocycles. The maximum atomic E-state index is 13.1. The number of benzene rings is 1. The monoisotopic (exact) mass is 418 g/mol. The number of alkyl halides is 4. The van der Waals surface area contributed by atoms with Gasteiger partial charge in [0.25, 0.3) is 0 Å². The van der Waals surface area contributed by atoms with E-state index in [0.717, 1.165) is 21.9 Å². The highest BCUT2D eigenvalue weighted by molar-refractivity contribution is 6.37. The lowest BCUT2D eigenvalue weighted by Crippen LogP contribution is -2.42. The number of rotatable bonds is 6. The smallest absolute Gasteiger partial charge is 0.461 e. The van der Waals surface area contributed by atoms with Crippen molar-refractivity contribution in [2.45, 2.75) is 25.5 Å². The van der Waals surface area contributed by atoms with Crippen LogP contribution in [0.1, 0.15) is 6.92 Å². The van der Waals surface area contributed by atoms with E-state index in [9.17, 15) is 27.2 Å². The van der Waals surface area contributed by atoms with Gasteiger partial charge in [-0.1, -0.05) is 23.2 Å². The Morgan fingerprint density at radius 1 is 1.27 bits per heavy atom. The number of nitrogens with zero attached hydrogens (tertiary/aromatic N) is 2. The molecule has 1 saturated heterocycles. The van der Waals surface area contributed by atoms with Crippen LogP contribution >= 0.6 is 23.2 Å². The second kappa shape index (κ2) is 7.36. The molecule has 2 amide bonds. The molecule has 144 valence electrons. The van der Waals surface area contributed by atoms with Crippen molar-refractivity contribution >= 4 is 40.9 Å². The number of aliphatic carboxylic acids is 1. The summed E-state index contributed by atoms with van der Waals surface area (Å²) in [6, 6.07) is -0.0761. The molecule has 0 bridgehead atoms. The summed E-state index contributed by atoms with van der Waals surface area (Å²) in [5.74, 6) is -2.03. The molecule has 1 atom stereocenters. The Hall–Kier alpha value is -1.94. The van der Waals surface area contributed by atoms with E-state index in [2.05, 4.69) is 4.74 Å². The summed E-state index contributed by atoms with van der Waals surface area (Å²) in [6.45, 7) is 1.34.